The summed E-state index contributed by atoms with van der Waals surface area (Å²) >= 11 is 0. The molecule has 0 spiro atoms. The molecule has 0 atom stereocenters. The van der Waals surface area contributed by atoms with Crippen LogP contribution in [-0.2, 0) is 13.2 Å². The second-order valence-corrected chi connectivity index (χ2v) is 4.67. The van der Waals surface area contributed by atoms with Gasteiger partial charge >= 0.3 is 0 Å². The lowest BCUT2D eigenvalue weighted by Gasteiger charge is -2.09. The minimum Gasteiger partial charge on any atom is -0.489 e. The molecule has 2 rings (SSSR count). The van der Waals surface area contributed by atoms with Crippen LogP contribution in [0.2, 0.25) is 0 Å². The average molecular weight is 278 g/mol. The number of benzene rings is 1. The van der Waals surface area contributed by atoms with E-state index in [0.717, 1.165) is 29.1 Å². The number of nitrogens with one attached hydrogen (secondary N) is 1. The van der Waals surface area contributed by atoms with Crippen LogP contribution in [0.5, 0.6) is 5.75 Å². The van der Waals surface area contributed by atoms with E-state index in [1.807, 2.05) is 26.8 Å². The van der Waals surface area contributed by atoms with Crippen molar-refractivity contribution < 1.29 is 13.7 Å². The smallest absolute Gasteiger partial charge is 0.140 e. The molecule has 20 heavy (non-hydrogen) atoms. The third-order valence-electron chi connectivity index (χ3n) is 3.07. The summed E-state index contributed by atoms with van der Waals surface area (Å²) in [5, 5.41) is 7.02. The Morgan fingerprint density at radius 1 is 1.30 bits per heavy atom. The number of aryl methyl sites for hydroxylation is 2. The normalized spacial score (nSPS) is 10.8. The Morgan fingerprint density at radius 3 is 2.75 bits per heavy atom. The molecule has 0 aliphatic rings. The lowest BCUT2D eigenvalue weighted by atomic mass is 10.2. The van der Waals surface area contributed by atoms with E-state index in [4.69, 9.17) is 9.26 Å². The lowest BCUT2D eigenvalue weighted by Crippen LogP contribution is -2.12. The van der Waals surface area contributed by atoms with Gasteiger partial charge in [0.2, 0.25) is 0 Å². The maximum Gasteiger partial charge on any atom is 0.140 e. The van der Waals surface area contributed by atoms with Crippen LogP contribution >= 0.6 is 0 Å². The van der Waals surface area contributed by atoms with Gasteiger partial charge in [-0.15, -0.1) is 0 Å². The standard InChI is InChI=1S/C15H19FN2O2/c1-4-17-8-12-5-13(16)7-14(6-12)19-9-15-10(2)18-20-11(15)3/h5-7,17H,4,8-9H2,1-3H3. The number of rotatable bonds is 6. The van der Waals surface area contributed by atoms with Gasteiger partial charge in [-0.25, -0.2) is 4.39 Å². The van der Waals surface area contributed by atoms with Crippen molar-refractivity contribution in [3.05, 3.63) is 46.6 Å². The Balaban J connectivity index is 2.07. The molecule has 1 N–H and O–H groups in total. The van der Waals surface area contributed by atoms with Gasteiger partial charge in [-0.1, -0.05) is 12.1 Å². The minimum atomic E-state index is -0.297. The summed E-state index contributed by atoms with van der Waals surface area (Å²) in [6.45, 7) is 7.49. The lowest BCUT2D eigenvalue weighted by molar-refractivity contribution is 0.300. The zero-order valence-corrected chi connectivity index (χ0v) is 12.0. The summed E-state index contributed by atoms with van der Waals surface area (Å²) in [7, 11) is 0. The molecule has 1 aromatic heterocycles. The van der Waals surface area contributed by atoms with Crippen molar-refractivity contribution in [3.63, 3.8) is 0 Å². The second kappa shape index (κ2) is 6.52. The third-order valence-corrected chi connectivity index (χ3v) is 3.07. The number of nitrogens with zero attached hydrogens (tertiary/aromatic N) is 1. The van der Waals surface area contributed by atoms with Crippen LogP contribution < -0.4 is 10.1 Å². The van der Waals surface area contributed by atoms with Crippen molar-refractivity contribution in [2.75, 3.05) is 6.54 Å². The van der Waals surface area contributed by atoms with Gasteiger partial charge in [0.25, 0.3) is 0 Å². The van der Waals surface area contributed by atoms with Gasteiger partial charge in [0, 0.05) is 12.6 Å². The Bertz CT molecular complexity index is 562. The first-order valence-electron chi connectivity index (χ1n) is 6.65. The van der Waals surface area contributed by atoms with E-state index >= 15 is 0 Å². The zero-order valence-electron chi connectivity index (χ0n) is 12.0. The summed E-state index contributed by atoms with van der Waals surface area (Å²) < 4.78 is 24.3. The van der Waals surface area contributed by atoms with E-state index in [1.165, 1.54) is 12.1 Å². The number of halogens is 1. The molecule has 0 bridgehead atoms. The van der Waals surface area contributed by atoms with Gasteiger partial charge < -0.3 is 14.6 Å². The molecule has 0 radical (unpaired) electrons. The maximum absolute atomic E-state index is 13.5. The molecular formula is C15H19FN2O2. The summed E-state index contributed by atoms with van der Waals surface area (Å²) in [6.07, 6.45) is 0. The van der Waals surface area contributed by atoms with E-state index < -0.39 is 0 Å². The van der Waals surface area contributed by atoms with Crippen LogP contribution in [0, 0.1) is 19.7 Å². The summed E-state index contributed by atoms with van der Waals surface area (Å²) in [5.41, 5.74) is 2.56. The van der Waals surface area contributed by atoms with Gasteiger partial charge in [-0.3, -0.25) is 0 Å². The third kappa shape index (κ3) is 3.57. The summed E-state index contributed by atoms with van der Waals surface area (Å²) in [6, 6.07) is 4.73. The Morgan fingerprint density at radius 2 is 2.10 bits per heavy atom. The molecule has 0 aliphatic carbocycles. The molecule has 1 aromatic carbocycles. The van der Waals surface area contributed by atoms with E-state index in [2.05, 4.69) is 10.5 Å². The second-order valence-electron chi connectivity index (χ2n) is 4.67. The zero-order chi connectivity index (χ0) is 14.5. The van der Waals surface area contributed by atoms with Crippen molar-refractivity contribution in [1.29, 1.82) is 0 Å². The largest absolute Gasteiger partial charge is 0.489 e. The predicted molar refractivity (Wildman–Crippen MR) is 74.1 cm³/mol. The van der Waals surface area contributed by atoms with Gasteiger partial charge in [0.1, 0.15) is 23.9 Å². The maximum atomic E-state index is 13.5. The van der Waals surface area contributed by atoms with E-state index in [1.54, 1.807) is 0 Å². The van der Waals surface area contributed by atoms with Gasteiger partial charge in [0.15, 0.2) is 0 Å². The topological polar surface area (TPSA) is 47.3 Å². The van der Waals surface area contributed by atoms with Crippen LogP contribution in [0.4, 0.5) is 4.39 Å². The first-order valence-corrected chi connectivity index (χ1v) is 6.65. The molecule has 0 saturated carbocycles. The van der Waals surface area contributed by atoms with Crippen molar-refractivity contribution >= 4 is 0 Å². The number of ether oxygens (including phenoxy) is 1. The highest BCUT2D eigenvalue weighted by atomic mass is 19.1. The van der Waals surface area contributed by atoms with E-state index in [0.29, 0.717) is 18.9 Å². The molecular weight excluding hydrogens is 259 g/mol. The Labute approximate surface area is 117 Å². The van der Waals surface area contributed by atoms with Crippen LogP contribution in [0.15, 0.2) is 22.7 Å². The number of aromatic nitrogens is 1. The first kappa shape index (κ1) is 14.5. The quantitative estimate of drug-likeness (QED) is 0.882. The molecule has 1 heterocycles. The average Bonchev–Trinajstić information content (AvgIpc) is 2.73. The fraction of sp³-hybridized carbons (Fsp3) is 0.400. The summed E-state index contributed by atoms with van der Waals surface area (Å²) in [5.74, 6) is 0.943. The van der Waals surface area contributed by atoms with E-state index in [9.17, 15) is 4.39 Å². The van der Waals surface area contributed by atoms with E-state index in [-0.39, 0.29) is 5.82 Å². The van der Waals surface area contributed by atoms with Crippen LogP contribution in [-0.4, -0.2) is 11.7 Å². The predicted octanol–water partition coefficient (Wildman–Crippen LogP) is 3.12. The molecule has 4 nitrogen and oxygen atoms in total. The highest BCUT2D eigenvalue weighted by molar-refractivity contribution is 5.30. The molecule has 5 heteroatoms. The number of hydrogen-bond acceptors (Lipinski definition) is 4. The molecule has 108 valence electrons. The summed E-state index contributed by atoms with van der Waals surface area (Å²) in [4.78, 5) is 0. The van der Waals surface area contributed by atoms with Gasteiger partial charge in [-0.2, -0.15) is 0 Å². The van der Waals surface area contributed by atoms with Gasteiger partial charge in [0.05, 0.1) is 11.3 Å². The monoisotopic (exact) mass is 278 g/mol. The van der Waals surface area contributed by atoms with Crippen molar-refractivity contribution in [1.82, 2.24) is 10.5 Å². The SMILES string of the molecule is CCNCc1cc(F)cc(OCc2c(C)noc2C)c1. The molecule has 0 aliphatic heterocycles. The highest BCUT2D eigenvalue weighted by Crippen LogP contribution is 2.20. The molecule has 2 aromatic rings. The molecule has 0 amide bonds. The minimum absolute atomic E-state index is 0.297. The van der Waals surface area contributed by atoms with Crippen molar-refractivity contribution in [3.8, 4) is 5.75 Å². The fourth-order valence-corrected chi connectivity index (χ4v) is 1.94. The molecule has 0 unspecified atom stereocenters. The Kier molecular flexibility index (Phi) is 4.74. The highest BCUT2D eigenvalue weighted by Gasteiger charge is 2.10. The van der Waals surface area contributed by atoms with Crippen molar-refractivity contribution in [2.45, 2.75) is 33.9 Å². The van der Waals surface area contributed by atoms with Crippen LogP contribution in [0.25, 0.3) is 0 Å². The van der Waals surface area contributed by atoms with Crippen LogP contribution in [0.3, 0.4) is 0 Å². The van der Waals surface area contributed by atoms with Crippen molar-refractivity contribution in [2.24, 2.45) is 0 Å². The van der Waals surface area contributed by atoms with Crippen LogP contribution in [0.1, 0.15) is 29.5 Å². The van der Waals surface area contributed by atoms with Gasteiger partial charge in [-0.05, 0) is 38.1 Å². The Hall–Kier alpha value is -1.88. The molecule has 0 fully saturated rings. The number of hydrogen-bond donors (Lipinski definition) is 1. The molecule has 0 saturated heterocycles. The fourth-order valence-electron chi connectivity index (χ4n) is 1.94. The first-order chi connectivity index (χ1) is 9.60.